The van der Waals surface area contributed by atoms with Gasteiger partial charge in [-0.05, 0) is 31.7 Å². The van der Waals surface area contributed by atoms with E-state index >= 15 is 0 Å². The Balaban J connectivity index is 2.05. The molecule has 0 spiro atoms. The standard InChI is InChI=1S/C21H29NO8S2/c1-5-18(30-32(4,26)27)14-19-13-17(22-29-19)11-12-21(2,31(3,24)25)20(23)28-15-16-9-7-6-8-10-16/h6-10,13,18H,5,11-12,14-15H2,1-4H3/t18?,21-/m1/s1. The third-order valence-electron chi connectivity index (χ3n) is 5.12. The van der Waals surface area contributed by atoms with Gasteiger partial charge in [-0.15, -0.1) is 0 Å². The largest absolute Gasteiger partial charge is 0.460 e. The highest BCUT2D eigenvalue weighted by atomic mass is 32.2. The van der Waals surface area contributed by atoms with E-state index in [0.717, 1.165) is 18.1 Å². The third kappa shape index (κ3) is 7.42. The minimum Gasteiger partial charge on any atom is -0.460 e. The van der Waals surface area contributed by atoms with Crippen molar-refractivity contribution in [1.82, 2.24) is 5.16 Å². The van der Waals surface area contributed by atoms with E-state index in [1.807, 2.05) is 6.07 Å². The van der Waals surface area contributed by atoms with Crippen molar-refractivity contribution in [2.45, 2.75) is 57.0 Å². The number of aromatic nitrogens is 1. The average Bonchev–Trinajstić information content (AvgIpc) is 3.16. The molecule has 9 nitrogen and oxygen atoms in total. The van der Waals surface area contributed by atoms with Gasteiger partial charge in [-0.3, -0.25) is 8.98 Å². The molecule has 1 heterocycles. The van der Waals surface area contributed by atoms with Crippen LogP contribution in [0.2, 0.25) is 0 Å². The van der Waals surface area contributed by atoms with Crippen LogP contribution in [0.5, 0.6) is 0 Å². The van der Waals surface area contributed by atoms with Gasteiger partial charge in [0, 0.05) is 18.7 Å². The van der Waals surface area contributed by atoms with E-state index in [9.17, 15) is 21.6 Å². The lowest BCUT2D eigenvalue weighted by atomic mass is 10.0. The molecular weight excluding hydrogens is 458 g/mol. The normalized spacial score (nSPS) is 15.1. The van der Waals surface area contributed by atoms with E-state index in [1.165, 1.54) is 6.92 Å². The number of hydrogen-bond acceptors (Lipinski definition) is 9. The van der Waals surface area contributed by atoms with Crippen molar-refractivity contribution < 1.29 is 35.1 Å². The zero-order chi connectivity index (χ0) is 24.0. The molecule has 32 heavy (non-hydrogen) atoms. The first-order valence-corrected chi connectivity index (χ1v) is 13.8. The maximum atomic E-state index is 12.7. The number of rotatable bonds is 12. The van der Waals surface area contributed by atoms with Crippen LogP contribution >= 0.6 is 0 Å². The summed E-state index contributed by atoms with van der Waals surface area (Å²) in [7, 11) is -7.40. The molecule has 11 heteroatoms. The molecule has 0 fully saturated rings. The Kier molecular flexibility index (Phi) is 8.60. The van der Waals surface area contributed by atoms with Gasteiger partial charge in [0.2, 0.25) is 0 Å². The Hall–Kier alpha value is -2.24. The number of hydrogen-bond donors (Lipinski definition) is 0. The summed E-state index contributed by atoms with van der Waals surface area (Å²) in [5, 5.41) is 3.91. The average molecular weight is 488 g/mol. The van der Waals surface area contributed by atoms with Crippen LogP contribution in [-0.2, 0) is 53.1 Å². The monoisotopic (exact) mass is 487 g/mol. The lowest BCUT2D eigenvalue weighted by molar-refractivity contribution is -0.147. The van der Waals surface area contributed by atoms with Crippen LogP contribution in [0.15, 0.2) is 40.9 Å². The Morgan fingerprint density at radius 3 is 2.38 bits per heavy atom. The molecule has 1 unspecified atom stereocenters. The predicted octanol–water partition coefficient (Wildman–Crippen LogP) is 2.45. The van der Waals surface area contributed by atoms with Gasteiger partial charge in [-0.25, -0.2) is 8.42 Å². The van der Waals surface area contributed by atoms with Gasteiger partial charge in [0.15, 0.2) is 14.6 Å². The summed E-state index contributed by atoms with van der Waals surface area (Å²) < 4.78 is 61.3. The molecule has 1 aromatic heterocycles. The van der Waals surface area contributed by atoms with Crippen molar-refractivity contribution >= 4 is 25.9 Å². The number of aryl methyl sites for hydroxylation is 1. The maximum Gasteiger partial charge on any atom is 0.327 e. The van der Waals surface area contributed by atoms with E-state index < -0.39 is 36.8 Å². The predicted molar refractivity (Wildman–Crippen MR) is 118 cm³/mol. The van der Waals surface area contributed by atoms with Gasteiger partial charge < -0.3 is 9.26 Å². The van der Waals surface area contributed by atoms with E-state index in [-0.39, 0.29) is 25.9 Å². The fraction of sp³-hybridized carbons (Fsp3) is 0.524. The Labute approximate surface area is 189 Å². The van der Waals surface area contributed by atoms with Crippen molar-refractivity contribution in [3.63, 3.8) is 0 Å². The molecule has 0 bridgehead atoms. The van der Waals surface area contributed by atoms with E-state index in [0.29, 0.717) is 17.9 Å². The minimum absolute atomic E-state index is 0.0301. The first-order chi connectivity index (χ1) is 14.8. The van der Waals surface area contributed by atoms with Crippen LogP contribution in [0, 0.1) is 0 Å². The second-order valence-electron chi connectivity index (χ2n) is 7.88. The van der Waals surface area contributed by atoms with Crippen molar-refractivity contribution in [2.24, 2.45) is 0 Å². The number of sulfone groups is 1. The Bertz CT molecular complexity index is 1110. The fourth-order valence-electron chi connectivity index (χ4n) is 2.97. The molecule has 2 rings (SSSR count). The van der Waals surface area contributed by atoms with Crippen LogP contribution in [0.1, 0.15) is 43.7 Å². The van der Waals surface area contributed by atoms with E-state index in [2.05, 4.69) is 5.16 Å². The maximum absolute atomic E-state index is 12.7. The van der Waals surface area contributed by atoms with Gasteiger partial charge in [0.25, 0.3) is 10.1 Å². The van der Waals surface area contributed by atoms with Crippen molar-refractivity contribution in [3.8, 4) is 0 Å². The quantitative estimate of drug-likeness (QED) is 0.327. The highest BCUT2D eigenvalue weighted by Gasteiger charge is 2.45. The van der Waals surface area contributed by atoms with Gasteiger partial charge in [0.05, 0.1) is 18.1 Å². The molecule has 0 aliphatic heterocycles. The highest BCUT2D eigenvalue weighted by molar-refractivity contribution is 7.92. The van der Waals surface area contributed by atoms with Crippen LogP contribution in [0.3, 0.4) is 0 Å². The summed E-state index contributed by atoms with van der Waals surface area (Å²) in [6, 6.07) is 10.6. The van der Waals surface area contributed by atoms with Crippen molar-refractivity contribution in [3.05, 3.63) is 53.4 Å². The molecule has 0 amide bonds. The molecule has 0 N–H and O–H groups in total. The first kappa shape index (κ1) is 26.0. The molecule has 2 atom stereocenters. The summed E-state index contributed by atoms with van der Waals surface area (Å²) in [6.07, 6.45) is 2.12. The van der Waals surface area contributed by atoms with Crippen molar-refractivity contribution in [2.75, 3.05) is 12.5 Å². The van der Waals surface area contributed by atoms with Gasteiger partial charge >= 0.3 is 5.97 Å². The number of carbonyl (C=O) groups excluding carboxylic acids is 1. The molecule has 178 valence electrons. The third-order valence-corrected chi connectivity index (χ3v) is 7.75. The topological polar surface area (TPSA) is 130 Å². The number of carbonyl (C=O) groups is 1. The van der Waals surface area contributed by atoms with E-state index in [4.69, 9.17) is 13.4 Å². The zero-order valence-electron chi connectivity index (χ0n) is 18.6. The smallest absolute Gasteiger partial charge is 0.327 e. The summed E-state index contributed by atoms with van der Waals surface area (Å²) in [5.41, 5.74) is 1.19. The summed E-state index contributed by atoms with van der Waals surface area (Å²) >= 11 is 0. The SMILES string of the molecule is CCC(Cc1cc(CC[C@](C)(C(=O)OCc2ccccc2)S(C)(=O)=O)no1)OS(C)(=O)=O. The van der Waals surface area contributed by atoms with Gasteiger partial charge in [-0.1, -0.05) is 42.4 Å². The molecule has 0 radical (unpaired) electrons. The van der Waals surface area contributed by atoms with Gasteiger partial charge in [-0.2, -0.15) is 8.42 Å². The Morgan fingerprint density at radius 2 is 1.81 bits per heavy atom. The molecule has 0 aliphatic carbocycles. The second-order valence-corrected chi connectivity index (χ2v) is 11.9. The lowest BCUT2D eigenvalue weighted by Crippen LogP contribution is -2.44. The number of ether oxygens (including phenoxy) is 1. The fourth-order valence-corrected chi connectivity index (χ4v) is 4.50. The zero-order valence-corrected chi connectivity index (χ0v) is 20.2. The lowest BCUT2D eigenvalue weighted by Gasteiger charge is -2.25. The summed E-state index contributed by atoms with van der Waals surface area (Å²) in [4.78, 5) is 12.7. The van der Waals surface area contributed by atoms with Crippen LogP contribution in [0.25, 0.3) is 0 Å². The molecule has 0 aliphatic rings. The number of benzene rings is 1. The highest BCUT2D eigenvalue weighted by Crippen LogP contribution is 2.26. The second kappa shape index (κ2) is 10.6. The van der Waals surface area contributed by atoms with Gasteiger partial charge in [0.1, 0.15) is 12.4 Å². The molecule has 1 aromatic carbocycles. The molecule has 0 saturated carbocycles. The summed E-state index contributed by atoms with van der Waals surface area (Å²) in [6.45, 7) is 3.09. The van der Waals surface area contributed by atoms with Crippen LogP contribution < -0.4 is 0 Å². The summed E-state index contributed by atoms with van der Waals surface area (Å²) in [5.74, 6) is -0.427. The number of nitrogens with zero attached hydrogens (tertiary/aromatic N) is 1. The first-order valence-electron chi connectivity index (χ1n) is 10.1. The van der Waals surface area contributed by atoms with Crippen LogP contribution in [0.4, 0.5) is 0 Å². The molecular formula is C21H29NO8S2. The van der Waals surface area contributed by atoms with Crippen LogP contribution in [-0.4, -0.2) is 51.3 Å². The van der Waals surface area contributed by atoms with E-state index in [1.54, 1.807) is 37.3 Å². The molecule has 0 saturated heterocycles. The molecule has 2 aromatic rings. The Morgan fingerprint density at radius 1 is 1.16 bits per heavy atom. The number of esters is 1. The van der Waals surface area contributed by atoms with Crippen molar-refractivity contribution in [1.29, 1.82) is 0 Å². The minimum atomic E-state index is -3.79.